The molecule has 0 spiro atoms. The number of carbonyl (C=O) groups is 1. The second-order valence-corrected chi connectivity index (χ2v) is 6.15. The average molecular weight is 350 g/mol. The highest BCUT2D eigenvalue weighted by Gasteiger charge is 2.22. The number of allylic oxidation sites excluding steroid dienone is 1. The molecule has 0 amide bonds. The summed E-state index contributed by atoms with van der Waals surface area (Å²) < 4.78 is 16.6. The molecule has 0 fully saturated rings. The number of halogens is 1. The highest BCUT2D eigenvalue weighted by molar-refractivity contribution is 5.79. The van der Waals surface area contributed by atoms with Gasteiger partial charge in [-0.05, 0) is 62.4 Å². The number of aromatic nitrogens is 2. The zero-order valence-corrected chi connectivity index (χ0v) is 14.6. The minimum absolute atomic E-state index is 0.113. The first kappa shape index (κ1) is 17.6. The summed E-state index contributed by atoms with van der Waals surface area (Å²) >= 11 is 0. The van der Waals surface area contributed by atoms with Gasteiger partial charge in [-0.3, -0.25) is 13.9 Å². The van der Waals surface area contributed by atoms with Gasteiger partial charge >= 0.3 is 5.69 Å². The van der Waals surface area contributed by atoms with Crippen molar-refractivity contribution >= 4 is 12.4 Å². The van der Waals surface area contributed by atoms with E-state index in [0.717, 1.165) is 0 Å². The molecule has 26 heavy (non-hydrogen) atoms. The standard InChI is InChI=1S/C21H19FN2O2/c1-15(2)23-19(9-6-14-25)20(16-10-12-17(22)13-11-16)24(21(23)26)18-7-4-3-5-8-18/h3-15H,1-2H3. The van der Waals surface area contributed by atoms with Crippen molar-refractivity contribution < 1.29 is 9.18 Å². The molecule has 0 N–H and O–H groups in total. The molecule has 1 heterocycles. The molecule has 1 aromatic heterocycles. The molecule has 0 aliphatic heterocycles. The third-order valence-corrected chi connectivity index (χ3v) is 4.10. The van der Waals surface area contributed by atoms with E-state index in [2.05, 4.69) is 0 Å². The molecule has 0 saturated heterocycles. The molecule has 0 unspecified atom stereocenters. The summed E-state index contributed by atoms with van der Waals surface area (Å²) in [4.78, 5) is 24.1. The van der Waals surface area contributed by atoms with Gasteiger partial charge in [0.15, 0.2) is 0 Å². The number of rotatable bonds is 5. The fourth-order valence-electron chi connectivity index (χ4n) is 3.03. The molecule has 5 heteroatoms. The summed E-state index contributed by atoms with van der Waals surface area (Å²) in [6.45, 7) is 3.81. The van der Waals surface area contributed by atoms with Crippen molar-refractivity contribution in [2.24, 2.45) is 0 Å². The molecule has 4 nitrogen and oxygen atoms in total. The Morgan fingerprint density at radius 1 is 1.00 bits per heavy atom. The third kappa shape index (κ3) is 3.16. The van der Waals surface area contributed by atoms with E-state index in [-0.39, 0.29) is 17.5 Å². The lowest BCUT2D eigenvalue weighted by molar-refractivity contribution is -0.104. The van der Waals surface area contributed by atoms with Gasteiger partial charge in [0.05, 0.1) is 17.1 Å². The van der Waals surface area contributed by atoms with Gasteiger partial charge in [0.1, 0.15) is 12.1 Å². The van der Waals surface area contributed by atoms with Gasteiger partial charge in [-0.1, -0.05) is 18.2 Å². The summed E-state index contributed by atoms with van der Waals surface area (Å²) in [5, 5.41) is 0. The number of nitrogens with zero attached hydrogens (tertiary/aromatic N) is 2. The maximum Gasteiger partial charge on any atom is 0.333 e. The summed E-state index contributed by atoms with van der Waals surface area (Å²) in [6.07, 6.45) is 3.64. The van der Waals surface area contributed by atoms with Gasteiger partial charge in [-0.2, -0.15) is 0 Å². The fourth-order valence-corrected chi connectivity index (χ4v) is 3.03. The van der Waals surface area contributed by atoms with Crippen molar-refractivity contribution in [3.63, 3.8) is 0 Å². The van der Waals surface area contributed by atoms with E-state index in [1.54, 1.807) is 27.3 Å². The van der Waals surface area contributed by atoms with Crippen molar-refractivity contribution in [1.82, 2.24) is 9.13 Å². The summed E-state index contributed by atoms with van der Waals surface area (Å²) in [5.41, 5.74) is 2.41. The van der Waals surface area contributed by atoms with Crippen molar-refractivity contribution in [2.45, 2.75) is 19.9 Å². The molecular formula is C21H19FN2O2. The first-order chi connectivity index (χ1) is 12.5. The van der Waals surface area contributed by atoms with E-state index in [4.69, 9.17) is 0 Å². The van der Waals surface area contributed by atoms with Crippen LogP contribution in [0.3, 0.4) is 0 Å². The molecule has 2 aromatic carbocycles. The second kappa shape index (κ2) is 7.35. The van der Waals surface area contributed by atoms with Gasteiger partial charge in [-0.25, -0.2) is 9.18 Å². The quantitative estimate of drug-likeness (QED) is 0.510. The highest BCUT2D eigenvalue weighted by atomic mass is 19.1. The molecule has 3 rings (SSSR count). The van der Waals surface area contributed by atoms with Crippen molar-refractivity contribution in [3.05, 3.63) is 82.7 Å². The Morgan fingerprint density at radius 2 is 1.65 bits per heavy atom. The van der Waals surface area contributed by atoms with E-state index in [0.29, 0.717) is 28.9 Å². The third-order valence-electron chi connectivity index (χ3n) is 4.10. The maximum atomic E-state index is 13.4. The Kier molecular flexibility index (Phi) is 4.98. The minimum Gasteiger partial charge on any atom is -0.299 e. The largest absolute Gasteiger partial charge is 0.333 e. The first-order valence-electron chi connectivity index (χ1n) is 8.35. The lowest BCUT2D eigenvalue weighted by Gasteiger charge is -2.10. The van der Waals surface area contributed by atoms with Crippen molar-refractivity contribution in [3.8, 4) is 16.9 Å². The van der Waals surface area contributed by atoms with E-state index in [1.165, 1.54) is 18.2 Å². The van der Waals surface area contributed by atoms with Crippen LogP contribution in [-0.2, 0) is 4.79 Å². The van der Waals surface area contributed by atoms with Crippen LogP contribution in [0.4, 0.5) is 4.39 Å². The van der Waals surface area contributed by atoms with Crippen LogP contribution in [-0.4, -0.2) is 15.4 Å². The lowest BCUT2D eigenvalue weighted by atomic mass is 10.1. The van der Waals surface area contributed by atoms with Crippen LogP contribution in [0, 0.1) is 5.82 Å². The van der Waals surface area contributed by atoms with E-state index < -0.39 is 0 Å². The molecule has 0 bridgehead atoms. The topological polar surface area (TPSA) is 44.0 Å². The van der Waals surface area contributed by atoms with Crippen molar-refractivity contribution in [2.75, 3.05) is 0 Å². The van der Waals surface area contributed by atoms with Crippen LogP contribution in [0.15, 0.2) is 65.5 Å². The predicted octanol–water partition coefficient (Wildman–Crippen LogP) is 4.24. The molecule has 0 atom stereocenters. The van der Waals surface area contributed by atoms with E-state index in [9.17, 15) is 14.0 Å². The summed E-state index contributed by atoms with van der Waals surface area (Å²) in [5.74, 6) is -0.351. The summed E-state index contributed by atoms with van der Waals surface area (Å²) in [7, 11) is 0. The smallest absolute Gasteiger partial charge is 0.299 e. The molecule has 0 saturated carbocycles. The molecular weight excluding hydrogens is 331 g/mol. The van der Waals surface area contributed by atoms with Gasteiger partial charge < -0.3 is 0 Å². The molecule has 132 valence electrons. The number of hydrogen-bond donors (Lipinski definition) is 0. The van der Waals surface area contributed by atoms with Crippen LogP contribution < -0.4 is 5.69 Å². The molecule has 0 aliphatic carbocycles. The van der Waals surface area contributed by atoms with Gasteiger partial charge in [-0.15, -0.1) is 0 Å². The van der Waals surface area contributed by atoms with Crippen molar-refractivity contribution in [1.29, 1.82) is 0 Å². The number of benzene rings is 2. The Morgan fingerprint density at radius 3 is 2.23 bits per heavy atom. The number of carbonyl (C=O) groups excluding carboxylic acids is 1. The van der Waals surface area contributed by atoms with Crippen LogP contribution in [0.25, 0.3) is 23.0 Å². The van der Waals surface area contributed by atoms with E-state index in [1.807, 2.05) is 44.2 Å². The molecule has 0 aliphatic rings. The first-order valence-corrected chi connectivity index (χ1v) is 8.35. The number of para-hydroxylation sites is 1. The lowest BCUT2D eigenvalue weighted by Crippen LogP contribution is -2.25. The number of hydrogen-bond acceptors (Lipinski definition) is 2. The van der Waals surface area contributed by atoms with Crippen LogP contribution in [0.1, 0.15) is 25.6 Å². The predicted molar refractivity (Wildman–Crippen MR) is 101 cm³/mol. The van der Waals surface area contributed by atoms with Crippen LogP contribution in [0.2, 0.25) is 0 Å². The van der Waals surface area contributed by atoms with E-state index >= 15 is 0 Å². The van der Waals surface area contributed by atoms with Gasteiger partial charge in [0.2, 0.25) is 0 Å². The zero-order valence-electron chi connectivity index (χ0n) is 14.6. The SMILES string of the molecule is CC(C)n1c(C=CC=O)c(-c2ccc(F)cc2)n(-c2ccccc2)c1=O. The normalized spacial score (nSPS) is 11.4. The van der Waals surface area contributed by atoms with Gasteiger partial charge in [0, 0.05) is 11.6 Å². The van der Waals surface area contributed by atoms with Crippen LogP contribution in [0.5, 0.6) is 0 Å². The zero-order chi connectivity index (χ0) is 18.7. The molecule has 3 aromatic rings. The average Bonchev–Trinajstić information content (AvgIpc) is 2.93. The van der Waals surface area contributed by atoms with Crippen LogP contribution >= 0.6 is 0 Å². The Labute approximate surface area is 150 Å². The molecule has 0 radical (unpaired) electrons. The number of imidazole rings is 1. The maximum absolute atomic E-state index is 13.4. The Balaban J connectivity index is 2.43. The summed E-state index contributed by atoms with van der Waals surface area (Å²) in [6, 6.07) is 15.1. The van der Waals surface area contributed by atoms with Gasteiger partial charge in [0.25, 0.3) is 0 Å². The fraction of sp³-hybridized carbons (Fsp3) is 0.143. The highest BCUT2D eigenvalue weighted by Crippen LogP contribution is 2.29. The monoisotopic (exact) mass is 350 g/mol. The minimum atomic E-state index is -0.351. The second-order valence-electron chi connectivity index (χ2n) is 6.15. The number of aldehydes is 1. The Bertz CT molecular complexity index is 997. The Hall–Kier alpha value is -3.21.